The molecule has 2 aromatic carbocycles. The third-order valence-electron chi connectivity index (χ3n) is 5.10. The van der Waals surface area contributed by atoms with E-state index in [-0.39, 0.29) is 24.4 Å². The van der Waals surface area contributed by atoms with E-state index in [4.69, 9.17) is 0 Å². The van der Waals surface area contributed by atoms with Gasteiger partial charge >= 0.3 is 0 Å². The quantitative estimate of drug-likeness (QED) is 0.830. The molecule has 138 valence electrons. The van der Waals surface area contributed by atoms with Crippen molar-refractivity contribution in [3.8, 4) is 0 Å². The van der Waals surface area contributed by atoms with Crippen LogP contribution in [0.3, 0.4) is 0 Å². The van der Waals surface area contributed by atoms with E-state index in [0.29, 0.717) is 6.54 Å². The first-order valence-electron chi connectivity index (χ1n) is 9.26. The van der Waals surface area contributed by atoms with Crippen LogP contribution in [0.2, 0.25) is 0 Å². The van der Waals surface area contributed by atoms with Crippen LogP contribution in [0.4, 0.5) is 5.69 Å². The molecule has 1 saturated heterocycles. The van der Waals surface area contributed by atoms with Gasteiger partial charge in [-0.05, 0) is 37.8 Å². The molecule has 5 nitrogen and oxygen atoms in total. The topological polar surface area (TPSA) is 43.9 Å². The normalized spacial score (nSPS) is 17.4. The Labute approximate surface area is 155 Å². The molecule has 0 N–H and O–H groups in total. The summed E-state index contributed by atoms with van der Waals surface area (Å²) in [7, 11) is 3.55. The summed E-state index contributed by atoms with van der Waals surface area (Å²) >= 11 is 0. The molecule has 26 heavy (non-hydrogen) atoms. The first-order chi connectivity index (χ1) is 12.5. The van der Waals surface area contributed by atoms with Crippen LogP contribution in [0.25, 0.3) is 10.8 Å². The number of benzene rings is 2. The molecule has 2 aromatic rings. The zero-order valence-corrected chi connectivity index (χ0v) is 15.8. The second-order valence-corrected chi connectivity index (χ2v) is 7.00. The Morgan fingerprint density at radius 1 is 1.12 bits per heavy atom. The lowest BCUT2D eigenvalue weighted by Gasteiger charge is -2.29. The minimum Gasteiger partial charge on any atom is -0.347 e. The predicted octanol–water partition coefficient (Wildman–Crippen LogP) is 2.75. The fraction of sp³-hybridized carbons (Fsp3) is 0.429. The SMILES string of the molecule is CCN(C(=O)CN1CCCC1C(=O)N(C)C)c1cccc2ccccc12. The van der Waals surface area contributed by atoms with Gasteiger partial charge in [-0.3, -0.25) is 14.5 Å². The largest absolute Gasteiger partial charge is 0.347 e. The van der Waals surface area contributed by atoms with Gasteiger partial charge in [0.2, 0.25) is 11.8 Å². The first-order valence-corrected chi connectivity index (χ1v) is 9.26. The number of likely N-dealkylation sites (tertiary alicyclic amines) is 1. The molecule has 2 amide bonds. The number of nitrogens with zero attached hydrogens (tertiary/aromatic N) is 3. The highest BCUT2D eigenvalue weighted by atomic mass is 16.2. The summed E-state index contributed by atoms with van der Waals surface area (Å²) < 4.78 is 0. The number of amides is 2. The Hall–Kier alpha value is -2.40. The Kier molecular flexibility index (Phi) is 5.57. The average molecular weight is 353 g/mol. The van der Waals surface area contributed by atoms with Crippen molar-refractivity contribution in [3.63, 3.8) is 0 Å². The maximum atomic E-state index is 13.1. The molecule has 0 saturated carbocycles. The van der Waals surface area contributed by atoms with Crippen LogP contribution in [-0.2, 0) is 9.59 Å². The fourth-order valence-electron chi connectivity index (χ4n) is 3.78. The van der Waals surface area contributed by atoms with E-state index in [1.807, 2.05) is 41.0 Å². The molecule has 3 rings (SSSR count). The molecule has 0 aliphatic carbocycles. The van der Waals surface area contributed by atoms with Crippen molar-refractivity contribution in [1.82, 2.24) is 9.80 Å². The van der Waals surface area contributed by atoms with Gasteiger partial charge in [-0.25, -0.2) is 0 Å². The summed E-state index contributed by atoms with van der Waals surface area (Å²) in [5, 5.41) is 2.20. The van der Waals surface area contributed by atoms with E-state index in [0.717, 1.165) is 35.8 Å². The second kappa shape index (κ2) is 7.87. The van der Waals surface area contributed by atoms with Crippen molar-refractivity contribution in [2.45, 2.75) is 25.8 Å². The number of likely N-dealkylation sites (N-methyl/N-ethyl adjacent to an activating group) is 2. The van der Waals surface area contributed by atoms with E-state index in [2.05, 4.69) is 18.2 Å². The van der Waals surface area contributed by atoms with Crippen LogP contribution in [0, 0.1) is 0 Å². The van der Waals surface area contributed by atoms with Crippen LogP contribution in [0.1, 0.15) is 19.8 Å². The maximum absolute atomic E-state index is 13.1. The third kappa shape index (κ3) is 3.58. The van der Waals surface area contributed by atoms with Gasteiger partial charge in [-0.1, -0.05) is 36.4 Å². The van der Waals surface area contributed by atoms with Crippen molar-refractivity contribution in [1.29, 1.82) is 0 Å². The Morgan fingerprint density at radius 3 is 2.58 bits per heavy atom. The summed E-state index contributed by atoms with van der Waals surface area (Å²) in [6.07, 6.45) is 1.78. The van der Waals surface area contributed by atoms with E-state index < -0.39 is 0 Å². The molecule has 5 heteroatoms. The van der Waals surface area contributed by atoms with Gasteiger partial charge in [-0.15, -0.1) is 0 Å². The van der Waals surface area contributed by atoms with Crippen molar-refractivity contribution >= 4 is 28.3 Å². The number of hydrogen-bond donors (Lipinski definition) is 0. The molecular weight excluding hydrogens is 326 g/mol. The van der Waals surface area contributed by atoms with E-state index >= 15 is 0 Å². The van der Waals surface area contributed by atoms with Crippen LogP contribution in [0.15, 0.2) is 42.5 Å². The molecule has 1 heterocycles. The van der Waals surface area contributed by atoms with Crippen molar-refractivity contribution in [2.24, 2.45) is 0 Å². The summed E-state index contributed by atoms with van der Waals surface area (Å²) in [6.45, 7) is 3.67. The minimum atomic E-state index is -0.180. The fourth-order valence-corrected chi connectivity index (χ4v) is 3.78. The van der Waals surface area contributed by atoms with Gasteiger partial charge in [0.15, 0.2) is 0 Å². The lowest BCUT2D eigenvalue weighted by Crippen LogP contribution is -2.47. The summed E-state index contributed by atoms with van der Waals surface area (Å²) in [6, 6.07) is 14.0. The Balaban J connectivity index is 1.82. The van der Waals surface area contributed by atoms with E-state index in [1.165, 1.54) is 0 Å². The molecule has 0 bridgehead atoms. The Morgan fingerprint density at radius 2 is 1.85 bits per heavy atom. The third-order valence-corrected chi connectivity index (χ3v) is 5.10. The van der Waals surface area contributed by atoms with Crippen LogP contribution in [0.5, 0.6) is 0 Å². The molecule has 1 fully saturated rings. The zero-order valence-electron chi connectivity index (χ0n) is 15.8. The number of hydrogen-bond acceptors (Lipinski definition) is 3. The van der Waals surface area contributed by atoms with Crippen LogP contribution < -0.4 is 4.90 Å². The minimum absolute atomic E-state index is 0.0438. The highest BCUT2D eigenvalue weighted by molar-refractivity contribution is 6.04. The molecule has 1 aliphatic rings. The molecule has 0 aromatic heterocycles. The van der Waals surface area contributed by atoms with Crippen molar-refractivity contribution < 1.29 is 9.59 Å². The zero-order chi connectivity index (χ0) is 18.7. The lowest BCUT2D eigenvalue weighted by atomic mass is 10.1. The highest BCUT2D eigenvalue weighted by Gasteiger charge is 2.33. The lowest BCUT2D eigenvalue weighted by molar-refractivity contribution is -0.134. The standard InChI is InChI=1S/C21H27N3O2/c1-4-24(18-12-7-10-16-9-5-6-11-17(16)18)20(25)15-23-14-8-13-19(23)21(26)22(2)3/h5-7,9-12,19H,4,8,13-15H2,1-3H3. The molecule has 1 atom stereocenters. The molecular formula is C21H27N3O2. The van der Waals surface area contributed by atoms with Crippen LogP contribution >= 0.6 is 0 Å². The first kappa shape index (κ1) is 18.4. The number of fused-ring (bicyclic) bond motifs is 1. The summed E-state index contributed by atoms with van der Waals surface area (Å²) in [5.74, 6) is 0.130. The van der Waals surface area contributed by atoms with Gasteiger partial charge < -0.3 is 9.80 Å². The number of rotatable bonds is 5. The molecule has 1 unspecified atom stereocenters. The van der Waals surface area contributed by atoms with Crippen molar-refractivity contribution in [3.05, 3.63) is 42.5 Å². The summed E-state index contributed by atoms with van der Waals surface area (Å²) in [4.78, 5) is 30.9. The van der Waals surface area contributed by atoms with Gasteiger partial charge in [0.25, 0.3) is 0 Å². The van der Waals surface area contributed by atoms with Crippen LogP contribution in [-0.4, -0.2) is 61.4 Å². The average Bonchev–Trinajstić information content (AvgIpc) is 3.09. The molecule has 0 radical (unpaired) electrons. The van der Waals surface area contributed by atoms with Gasteiger partial charge in [-0.2, -0.15) is 0 Å². The van der Waals surface area contributed by atoms with Gasteiger partial charge in [0.1, 0.15) is 0 Å². The predicted molar refractivity (Wildman–Crippen MR) is 105 cm³/mol. The Bertz CT molecular complexity index is 797. The smallest absolute Gasteiger partial charge is 0.241 e. The monoisotopic (exact) mass is 353 g/mol. The second-order valence-electron chi connectivity index (χ2n) is 7.00. The maximum Gasteiger partial charge on any atom is 0.241 e. The summed E-state index contributed by atoms with van der Waals surface area (Å²) in [5.41, 5.74) is 0.935. The van der Waals surface area contributed by atoms with E-state index in [9.17, 15) is 9.59 Å². The van der Waals surface area contributed by atoms with Crippen molar-refractivity contribution in [2.75, 3.05) is 38.6 Å². The highest BCUT2D eigenvalue weighted by Crippen LogP contribution is 2.27. The number of carbonyl (C=O) groups excluding carboxylic acids is 2. The van der Waals surface area contributed by atoms with E-state index in [1.54, 1.807) is 19.0 Å². The number of carbonyl (C=O) groups is 2. The molecule has 1 aliphatic heterocycles. The molecule has 0 spiro atoms. The number of anilines is 1. The van der Waals surface area contributed by atoms with Gasteiger partial charge in [0.05, 0.1) is 18.3 Å². The van der Waals surface area contributed by atoms with Gasteiger partial charge in [0, 0.05) is 26.0 Å².